The average molecular weight is 480 g/mol. The van der Waals surface area contributed by atoms with Crippen molar-refractivity contribution in [2.45, 2.75) is 64.1 Å². The van der Waals surface area contributed by atoms with Crippen LogP contribution in [0.1, 0.15) is 56.8 Å². The summed E-state index contributed by atoms with van der Waals surface area (Å²) in [5.74, 6) is -0.114. The molecule has 1 atom stereocenters. The van der Waals surface area contributed by atoms with Crippen LogP contribution in [0.25, 0.3) is 0 Å². The van der Waals surface area contributed by atoms with Crippen molar-refractivity contribution in [3.8, 4) is 0 Å². The quantitative estimate of drug-likeness (QED) is 0.690. The van der Waals surface area contributed by atoms with Gasteiger partial charge in [-0.1, -0.05) is 37.3 Å². The van der Waals surface area contributed by atoms with E-state index < -0.39 is 15.4 Å². The molecular weight excluding hydrogens is 450 g/mol. The molecule has 2 amide bonds. The fourth-order valence-corrected chi connectivity index (χ4v) is 5.19. The topological polar surface area (TPSA) is 106 Å². The highest BCUT2D eigenvalue weighted by molar-refractivity contribution is 7.90. The molecule has 32 heavy (non-hydrogen) atoms. The van der Waals surface area contributed by atoms with Gasteiger partial charge in [0.2, 0.25) is 5.91 Å². The first-order valence-electron chi connectivity index (χ1n) is 10.3. The number of hydrogen-bond donors (Lipinski definition) is 1. The van der Waals surface area contributed by atoms with E-state index in [4.69, 9.17) is 4.74 Å². The summed E-state index contributed by atoms with van der Waals surface area (Å²) in [6, 6.07) is 6.03. The lowest BCUT2D eigenvalue weighted by Crippen LogP contribution is -2.37. The van der Waals surface area contributed by atoms with E-state index in [1.807, 2.05) is 34.6 Å². The fourth-order valence-electron chi connectivity index (χ4n) is 3.54. The maximum absolute atomic E-state index is 12.7. The average Bonchev–Trinajstić information content (AvgIpc) is 3.16. The number of carbonyl (C=O) groups excluding carboxylic acids is 2. The summed E-state index contributed by atoms with van der Waals surface area (Å²) in [5.41, 5.74) is 0.916. The van der Waals surface area contributed by atoms with Gasteiger partial charge in [-0.2, -0.15) is 0 Å². The number of anilines is 1. The van der Waals surface area contributed by atoms with Gasteiger partial charge in [0.15, 0.2) is 15.0 Å². The summed E-state index contributed by atoms with van der Waals surface area (Å²) in [4.78, 5) is 32.6. The van der Waals surface area contributed by atoms with Crippen LogP contribution in [-0.2, 0) is 32.3 Å². The Hall–Kier alpha value is -2.46. The van der Waals surface area contributed by atoms with E-state index >= 15 is 0 Å². The standard InChI is InChI=1S/C22H29N3O5S2/c1-13(2)19-18-16(12-25(19)21(27)30-22(3,4)5)31-20(24-18)23-17(26)11-14-7-9-15(10-8-14)32(6,28)29/h7-10,13,19H,11-12H2,1-6H3,(H,23,24,26)/t19-/m0/s1. The Labute approximate surface area is 192 Å². The van der Waals surface area contributed by atoms with Crippen molar-refractivity contribution in [1.82, 2.24) is 9.88 Å². The summed E-state index contributed by atoms with van der Waals surface area (Å²) < 4.78 is 28.7. The van der Waals surface area contributed by atoms with Crippen LogP contribution in [0.3, 0.4) is 0 Å². The Kier molecular flexibility index (Phi) is 6.67. The number of thiazole rings is 1. The van der Waals surface area contributed by atoms with Gasteiger partial charge in [0.1, 0.15) is 5.60 Å². The van der Waals surface area contributed by atoms with Crippen molar-refractivity contribution >= 4 is 38.3 Å². The zero-order chi connectivity index (χ0) is 23.8. The molecule has 0 spiro atoms. The lowest BCUT2D eigenvalue weighted by atomic mass is 10.0. The van der Waals surface area contributed by atoms with Crippen molar-refractivity contribution < 1.29 is 22.7 Å². The largest absolute Gasteiger partial charge is 0.444 e. The smallest absolute Gasteiger partial charge is 0.411 e. The molecule has 0 saturated heterocycles. The van der Waals surface area contributed by atoms with Crippen LogP contribution in [0.2, 0.25) is 0 Å². The predicted octanol–water partition coefficient (Wildman–Crippen LogP) is 4.18. The lowest BCUT2D eigenvalue weighted by molar-refractivity contribution is -0.115. The van der Waals surface area contributed by atoms with Crippen LogP contribution in [0.15, 0.2) is 29.2 Å². The van der Waals surface area contributed by atoms with Crippen molar-refractivity contribution in [2.24, 2.45) is 5.92 Å². The Morgan fingerprint density at radius 2 is 1.88 bits per heavy atom. The number of nitrogens with one attached hydrogen (secondary N) is 1. The molecular formula is C22H29N3O5S2. The van der Waals surface area contributed by atoms with Crippen molar-refractivity contribution in [2.75, 3.05) is 11.6 Å². The Morgan fingerprint density at radius 1 is 1.25 bits per heavy atom. The molecule has 1 aliphatic rings. The number of ether oxygens (including phenoxy) is 1. The molecule has 1 aliphatic heterocycles. The number of amides is 2. The van der Waals surface area contributed by atoms with Gasteiger partial charge in [0.25, 0.3) is 0 Å². The Bertz CT molecular complexity index is 1120. The summed E-state index contributed by atoms with van der Waals surface area (Å²) in [6.07, 6.45) is 0.876. The highest BCUT2D eigenvalue weighted by atomic mass is 32.2. The predicted molar refractivity (Wildman–Crippen MR) is 123 cm³/mol. The normalized spacial score (nSPS) is 16.2. The molecule has 0 aliphatic carbocycles. The van der Waals surface area contributed by atoms with Gasteiger partial charge in [0, 0.05) is 6.26 Å². The first kappa shape index (κ1) is 24.2. The zero-order valence-electron chi connectivity index (χ0n) is 19.1. The highest BCUT2D eigenvalue weighted by Crippen LogP contribution is 2.43. The number of fused-ring (bicyclic) bond motifs is 1. The summed E-state index contributed by atoms with van der Waals surface area (Å²) >= 11 is 1.36. The summed E-state index contributed by atoms with van der Waals surface area (Å²) in [5, 5.41) is 3.31. The molecule has 1 N–H and O–H groups in total. The number of carbonyl (C=O) groups is 2. The first-order valence-corrected chi connectivity index (χ1v) is 13.0. The molecule has 10 heteroatoms. The van der Waals surface area contributed by atoms with Crippen LogP contribution in [0.5, 0.6) is 0 Å². The monoisotopic (exact) mass is 479 g/mol. The van der Waals surface area contributed by atoms with E-state index in [-0.39, 0.29) is 35.3 Å². The van der Waals surface area contributed by atoms with Crippen molar-refractivity contribution in [3.05, 3.63) is 40.4 Å². The van der Waals surface area contributed by atoms with Crippen LogP contribution in [0.4, 0.5) is 9.93 Å². The van der Waals surface area contributed by atoms with Gasteiger partial charge in [-0.05, 0) is 44.4 Å². The molecule has 2 aromatic rings. The molecule has 0 radical (unpaired) electrons. The molecule has 1 aromatic heterocycles. The second kappa shape index (κ2) is 8.82. The van der Waals surface area contributed by atoms with E-state index in [1.165, 1.54) is 23.5 Å². The van der Waals surface area contributed by atoms with Crippen LogP contribution in [0, 0.1) is 5.92 Å². The maximum atomic E-state index is 12.7. The third-order valence-electron chi connectivity index (χ3n) is 4.88. The molecule has 3 rings (SSSR count). The van der Waals surface area contributed by atoms with Crippen LogP contribution < -0.4 is 5.32 Å². The Balaban J connectivity index is 1.69. The molecule has 174 valence electrons. The number of rotatable bonds is 5. The summed E-state index contributed by atoms with van der Waals surface area (Å²) in [7, 11) is -3.27. The Morgan fingerprint density at radius 3 is 2.41 bits per heavy atom. The second-order valence-corrected chi connectivity index (χ2v) is 12.4. The van der Waals surface area contributed by atoms with Crippen molar-refractivity contribution in [1.29, 1.82) is 0 Å². The molecule has 0 unspecified atom stereocenters. The SMILES string of the molecule is CC(C)[C@H]1c2nc(NC(=O)Cc3ccc(S(C)(=O)=O)cc3)sc2CN1C(=O)OC(C)(C)C. The summed E-state index contributed by atoms with van der Waals surface area (Å²) in [6.45, 7) is 9.95. The third-order valence-corrected chi connectivity index (χ3v) is 6.98. The minimum absolute atomic E-state index is 0.103. The number of aromatic nitrogens is 1. The van der Waals surface area contributed by atoms with E-state index in [9.17, 15) is 18.0 Å². The van der Waals surface area contributed by atoms with Gasteiger partial charge in [-0.3, -0.25) is 9.69 Å². The van der Waals surface area contributed by atoms with Gasteiger partial charge in [-0.25, -0.2) is 18.2 Å². The van der Waals surface area contributed by atoms with Crippen LogP contribution >= 0.6 is 11.3 Å². The van der Waals surface area contributed by atoms with E-state index in [1.54, 1.807) is 17.0 Å². The fraction of sp³-hybridized carbons (Fsp3) is 0.500. The molecule has 2 heterocycles. The van der Waals surface area contributed by atoms with Crippen molar-refractivity contribution in [3.63, 3.8) is 0 Å². The van der Waals surface area contributed by atoms with E-state index in [0.717, 1.165) is 16.8 Å². The van der Waals surface area contributed by atoms with E-state index in [0.29, 0.717) is 17.2 Å². The van der Waals surface area contributed by atoms with Gasteiger partial charge >= 0.3 is 6.09 Å². The lowest BCUT2D eigenvalue weighted by Gasteiger charge is -2.30. The van der Waals surface area contributed by atoms with Gasteiger partial charge in [-0.15, -0.1) is 0 Å². The number of sulfone groups is 1. The third kappa shape index (κ3) is 5.66. The number of benzene rings is 1. The van der Waals surface area contributed by atoms with Gasteiger partial charge in [0.05, 0.1) is 34.5 Å². The second-order valence-electron chi connectivity index (χ2n) is 9.27. The molecule has 8 nitrogen and oxygen atoms in total. The number of hydrogen-bond acceptors (Lipinski definition) is 7. The minimum atomic E-state index is -3.27. The molecule has 0 saturated carbocycles. The van der Waals surface area contributed by atoms with Crippen LogP contribution in [-0.4, -0.2) is 42.2 Å². The zero-order valence-corrected chi connectivity index (χ0v) is 20.8. The highest BCUT2D eigenvalue weighted by Gasteiger charge is 2.40. The number of nitrogens with zero attached hydrogens (tertiary/aromatic N) is 2. The molecule has 0 fully saturated rings. The molecule has 1 aromatic carbocycles. The van der Waals surface area contributed by atoms with E-state index in [2.05, 4.69) is 10.3 Å². The molecule has 0 bridgehead atoms. The minimum Gasteiger partial charge on any atom is -0.444 e. The van der Waals surface area contributed by atoms with Gasteiger partial charge < -0.3 is 10.1 Å². The maximum Gasteiger partial charge on any atom is 0.411 e. The first-order chi connectivity index (χ1) is 14.7.